The van der Waals surface area contributed by atoms with Gasteiger partial charge < -0.3 is 15.7 Å². The second-order valence-electron chi connectivity index (χ2n) is 6.38. The van der Waals surface area contributed by atoms with Crippen LogP contribution in [0.5, 0.6) is 0 Å². The molecule has 130 valence electrons. The lowest BCUT2D eigenvalue weighted by Crippen LogP contribution is -2.45. The maximum absolute atomic E-state index is 12.3. The number of hydrogen-bond acceptors (Lipinski definition) is 3. The van der Waals surface area contributed by atoms with Crippen molar-refractivity contribution in [1.82, 2.24) is 10.6 Å². The van der Waals surface area contributed by atoms with Gasteiger partial charge >= 0.3 is 12.0 Å². The van der Waals surface area contributed by atoms with E-state index in [1.165, 1.54) is 0 Å². The molecule has 0 bridgehead atoms. The van der Waals surface area contributed by atoms with Crippen LogP contribution in [0, 0.1) is 5.92 Å². The van der Waals surface area contributed by atoms with Gasteiger partial charge in [0.15, 0.2) is 0 Å². The first-order chi connectivity index (χ1) is 11.5. The van der Waals surface area contributed by atoms with E-state index in [1.54, 1.807) is 11.8 Å². The number of rotatable bonds is 3. The van der Waals surface area contributed by atoms with Crippen LogP contribution in [0.4, 0.5) is 4.79 Å². The monoisotopic (exact) mass is 368 g/mol. The van der Waals surface area contributed by atoms with Gasteiger partial charge in [-0.25, -0.2) is 4.79 Å². The number of aliphatic carboxylic acids is 1. The predicted molar refractivity (Wildman–Crippen MR) is 94.6 cm³/mol. The van der Waals surface area contributed by atoms with Crippen molar-refractivity contribution in [2.45, 2.75) is 49.1 Å². The van der Waals surface area contributed by atoms with E-state index in [2.05, 4.69) is 10.6 Å². The first-order valence-corrected chi connectivity index (χ1v) is 9.61. The van der Waals surface area contributed by atoms with E-state index in [0.717, 1.165) is 22.6 Å². The molecule has 2 aliphatic rings. The van der Waals surface area contributed by atoms with Crippen LogP contribution in [-0.2, 0) is 4.79 Å². The molecule has 1 aromatic rings. The van der Waals surface area contributed by atoms with E-state index in [4.69, 9.17) is 16.7 Å². The van der Waals surface area contributed by atoms with Crippen LogP contribution in [0.3, 0.4) is 0 Å². The van der Waals surface area contributed by atoms with Crippen LogP contribution in [0.2, 0.25) is 5.02 Å². The van der Waals surface area contributed by atoms with E-state index in [9.17, 15) is 9.59 Å². The average molecular weight is 369 g/mol. The number of carbonyl (C=O) groups is 2. The Hall–Kier alpha value is -1.40. The minimum atomic E-state index is -0.730. The zero-order valence-corrected chi connectivity index (χ0v) is 14.8. The zero-order valence-electron chi connectivity index (χ0n) is 13.3. The summed E-state index contributed by atoms with van der Waals surface area (Å²) >= 11 is 7.87. The largest absolute Gasteiger partial charge is 0.481 e. The Morgan fingerprint density at radius 2 is 1.88 bits per heavy atom. The quantitative estimate of drug-likeness (QED) is 0.757. The zero-order chi connectivity index (χ0) is 17.1. The van der Waals surface area contributed by atoms with Crippen LogP contribution in [0.1, 0.15) is 43.7 Å². The van der Waals surface area contributed by atoms with Gasteiger partial charge in [0, 0.05) is 21.7 Å². The maximum Gasteiger partial charge on any atom is 0.315 e. The smallest absolute Gasteiger partial charge is 0.315 e. The van der Waals surface area contributed by atoms with E-state index in [-0.39, 0.29) is 24.0 Å². The van der Waals surface area contributed by atoms with Crippen molar-refractivity contribution in [2.75, 3.05) is 5.75 Å². The van der Waals surface area contributed by atoms with Crippen LogP contribution in [0.15, 0.2) is 23.1 Å². The van der Waals surface area contributed by atoms with Gasteiger partial charge in [-0.05, 0) is 55.9 Å². The van der Waals surface area contributed by atoms with Gasteiger partial charge in [0.25, 0.3) is 0 Å². The van der Waals surface area contributed by atoms with Crippen molar-refractivity contribution in [3.05, 3.63) is 28.8 Å². The van der Waals surface area contributed by atoms with Gasteiger partial charge in [0.2, 0.25) is 0 Å². The Balaban J connectivity index is 1.55. The third-order valence-corrected chi connectivity index (χ3v) is 6.09. The van der Waals surface area contributed by atoms with Crippen molar-refractivity contribution in [3.8, 4) is 0 Å². The molecule has 0 saturated heterocycles. The summed E-state index contributed by atoms with van der Waals surface area (Å²) in [5, 5.41) is 15.7. The SMILES string of the molecule is O=C(NC1CCC(C(=O)O)CC1)NC1CCSc2ccc(Cl)cc21. The Labute approximate surface area is 150 Å². The second-order valence-corrected chi connectivity index (χ2v) is 7.95. The number of hydrogen-bond donors (Lipinski definition) is 3. The average Bonchev–Trinajstić information content (AvgIpc) is 2.56. The molecule has 24 heavy (non-hydrogen) atoms. The summed E-state index contributed by atoms with van der Waals surface area (Å²) in [7, 11) is 0. The molecule has 1 aliphatic carbocycles. The number of amides is 2. The Morgan fingerprint density at radius 1 is 1.12 bits per heavy atom. The highest BCUT2D eigenvalue weighted by atomic mass is 35.5. The summed E-state index contributed by atoms with van der Waals surface area (Å²) in [6.45, 7) is 0. The third kappa shape index (κ3) is 4.16. The predicted octanol–water partition coefficient (Wildman–Crippen LogP) is 3.82. The van der Waals surface area contributed by atoms with Crippen LogP contribution >= 0.6 is 23.4 Å². The fourth-order valence-corrected chi connectivity index (χ4v) is 4.67. The highest BCUT2D eigenvalue weighted by Gasteiger charge is 2.28. The minimum Gasteiger partial charge on any atom is -0.481 e. The Morgan fingerprint density at radius 3 is 2.58 bits per heavy atom. The summed E-state index contributed by atoms with van der Waals surface area (Å²) in [4.78, 5) is 24.5. The van der Waals surface area contributed by atoms with Crippen molar-refractivity contribution < 1.29 is 14.7 Å². The molecule has 5 nitrogen and oxygen atoms in total. The van der Waals surface area contributed by atoms with Crippen LogP contribution in [0.25, 0.3) is 0 Å². The number of carboxylic acids is 1. The summed E-state index contributed by atoms with van der Waals surface area (Å²) < 4.78 is 0. The number of fused-ring (bicyclic) bond motifs is 1. The molecule has 1 heterocycles. The van der Waals surface area contributed by atoms with E-state index in [1.807, 2.05) is 18.2 Å². The number of nitrogens with one attached hydrogen (secondary N) is 2. The Kier molecular flexibility index (Phi) is 5.56. The first-order valence-electron chi connectivity index (χ1n) is 8.25. The van der Waals surface area contributed by atoms with Gasteiger partial charge in [0.05, 0.1) is 12.0 Å². The fraction of sp³-hybridized carbons (Fsp3) is 0.529. The number of carboxylic acid groups (broad SMARTS) is 1. The van der Waals surface area contributed by atoms with Crippen LogP contribution < -0.4 is 10.6 Å². The van der Waals surface area contributed by atoms with Gasteiger partial charge in [-0.15, -0.1) is 11.8 Å². The fourth-order valence-electron chi connectivity index (χ4n) is 3.39. The highest BCUT2D eigenvalue weighted by Crippen LogP contribution is 2.37. The van der Waals surface area contributed by atoms with Crippen molar-refractivity contribution in [1.29, 1.82) is 0 Å². The van der Waals surface area contributed by atoms with Crippen LogP contribution in [-0.4, -0.2) is 28.9 Å². The lowest BCUT2D eigenvalue weighted by atomic mass is 9.86. The minimum absolute atomic E-state index is 0.0321. The maximum atomic E-state index is 12.3. The molecule has 1 atom stereocenters. The molecule has 1 fully saturated rings. The molecule has 0 spiro atoms. The third-order valence-electron chi connectivity index (χ3n) is 4.73. The topological polar surface area (TPSA) is 78.4 Å². The van der Waals surface area contributed by atoms with E-state index in [0.29, 0.717) is 30.7 Å². The number of halogens is 1. The molecule has 3 N–H and O–H groups in total. The lowest BCUT2D eigenvalue weighted by molar-refractivity contribution is -0.142. The number of benzene rings is 1. The lowest BCUT2D eigenvalue weighted by Gasteiger charge is -2.29. The van der Waals surface area contributed by atoms with Gasteiger partial charge in [-0.2, -0.15) is 0 Å². The van der Waals surface area contributed by atoms with Crippen molar-refractivity contribution in [2.24, 2.45) is 5.92 Å². The molecular weight excluding hydrogens is 348 g/mol. The molecule has 1 aromatic carbocycles. The summed E-state index contributed by atoms with van der Waals surface area (Å²) in [5.41, 5.74) is 1.07. The van der Waals surface area contributed by atoms with Crippen molar-refractivity contribution >= 4 is 35.4 Å². The molecule has 3 rings (SSSR count). The number of urea groups is 1. The molecule has 0 radical (unpaired) electrons. The molecular formula is C17H21ClN2O3S. The standard InChI is InChI=1S/C17H21ClN2O3S/c18-11-3-6-15-13(9-11)14(7-8-24-15)20-17(23)19-12-4-1-10(2-5-12)16(21)22/h3,6,9-10,12,14H,1-2,4-5,7-8H2,(H,21,22)(H2,19,20,23). The van der Waals surface area contributed by atoms with Crippen molar-refractivity contribution in [3.63, 3.8) is 0 Å². The van der Waals surface area contributed by atoms with Gasteiger partial charge in [-0.3, -0.25) is 4.79 Å². The number of carbonyl (C=O) groups excluding carboxylic acids is 1. The molecule has 7 heteroatoms. The van der Waals surface area contributed by atoms with E-state index < -0.39 is 5.97 Å². The highest BCUT2D eigenvalue weighted by molar-refractivity contribution is 7.99. The number of thioether (sulfide) groups is 1. The van der Waals surface area contributed by atoms with Gasteiger partial charge in [-0.1, -0.05) is 11.6 Å². The van der Waals surface area contributed by atoms with E-state index >= 15 is 0 Å². The summed E-state index contributed by atoms with van der Waals surface area (Å²) in [6.07, 6.45) is 3.55. The molecule has 1 unspecified atom stereocenters. The first kappa shape index (κ1) is 17.4. The Bertz CT molecular complexity index is 632. The molecule has 1 saturated carbocycles. The second kappa shape index (κ2) is 7.66. The summed E-state index contributed by atoms with van der Waals surface area (Å²) in [5.74, 6) is -0.0369. The van der Waals surface area contributed by atoms with Gasteiger partial charge in [0.1, 0.15) is 0 Å². The molecule has 0 aromatic heterocycles. The summed E-state index contributed by atoms with van der Waals surface area (Å²) in [6, 6.07) is 5.63. The normalized spacial score (nSPS) is 26.3. The molecule has 1 aliphatic heterocycles. The molecule has 2 amide bonds.